The molecule has 1 unspecified atom stereocenters. The van der Waals surface area contributed by atoms with Gasteiger partial charge >= 0.3 is 0 Å². The smallest absolute Gasteiger partial charge is 0.230 e. The van der Waals surface area contributed by atoms with Crippen molar-refractivity contribution in [1.29, 1.82) is 0 Å². The Morgan fingerprint density at radius 3 is 2.70 bits per heavy atom. The minimum Gasteiger partial charge on any atom is -0.381 e. The lowest BCUT2D eigenvalue weighted by molar-refractivity contribution is -0.130. The Morgan fingerprint density at radius 2 is 2.04 bits per heavy atom. The maximum atomic E-state index is 13.1. The average Bonchev–Trinajstić information content (AvgIpc) is 2.61. The molecule has 2 N–H and O–H groups in total. The fraction of sp³-hybridized carbons (Fsp3) is 0.632. The normalized spacial score (nSPS) is 24.1. The third-order valence-corrected chi connectivity index (χ3v) is 5.34. The van der Waals surface area contributed by atoms with E-state index in [1.807, 2.05) is 0 Å². The summed E-state index contributed by atoms with van der Waals surface area (Å²) in [6.07, 6.45) is 3.95. The highest BCUT2D eigenvalue weighted by molar-refractivity contribution is 5.88. The topological polar surface area (TPSA) is 50.4 Å². The van der Waals surface area contributed by atoms with Crippen molar-refractivity contribution in [3.8, 4) is 0 Å². The molecule has 1 aromatic rings. The summed E-state index contributed by atoms with van der Waals surface area (Å²) in [6, 6.07) is 8.43. The van der Waals surface area contributed by atoms with Gasteiger partial charge in [0.05, 0.1) is 5.41 Å². The number of amides is 1. The molecule has 4 heteroatoms. The van der Waals surface area contributed by atoms with E-state index in [-0.39, 0.29) is 5.91 Å². The van der Waals surface area contributed by atoms with Crippen LogP contribution in [-0.2, 0) is 14.9 Å². The van der Waals surface area contributed by atoms with Crippen molar-refractivity contribution in [2.75, 3.05) is 32.8 Å². The number of hydrogen-bond donors (Lipinski definition) is 2. The molecule has 2 saturated heterocycles. The summed E-state index contributed by atoms with van der Waals surface area (Å²) in [6.45, 7) is 6.30. The number of hydrogen-bond acceptors (Lipinski definition) is 3. The Morgan fingerprint density at radius 1 is 1.30 bits per heavy atom. The Hall–Kier alpha value is -1.39. The highest BCUT2D eigenvalue weighted by Gasteiger charge is 2.41. The monoisotopic (exact) mass is 316 g/mol. The van der Waals surface area contributed by atoms with Gasteiger partial charge in [-0.3, -0.25) is 4.79 Å². The molecule has 2 aliphatic heterocycles. The van der Waals surface area contributed by atoms with Crippen LogP contribution in [0.1, 0.15) is 36.8 Å². The van der Waals surface area contributed by atoms with Crippen LogP contribution in [0.5, 0.6) is 0 Å². The number of nitrogens with one attached hydrogen (secondary N) is 2. The summed E-state index contributed by atoms with van der Waals surface area (Å²) in [4.78, 5) is 13.1. The van der Waals surface area contributed by atoms with E-state index < -0.39 is 5.41 Å². The van der Waals surface area contributed by atoms with Gasteiger partial charge in [-0.25, -0.2) is 0 Å². The first kappa shape index (κ1) is 16.5. The molecule has 0 aromatic heterocycles. The lowest BCUT2D eigenvalue weighted by Gasteiger charge is -2.37. The van der Waals surface area contributed by atoms with Crippen LogP contribution in [0.4, 0.5) is 0 Å². The van der Waals surface area contributed by atoms with Crippen molar-refractivity contribution < 1.29 is 9.53 Å². The SMILES string of the molecule is Cc1ccc(C2(C(=O)NCC3CCCNC3)CCOCC2)cc1. The van der Waals surface area contributed by atoms with E-state index in [9.17, 15) is 4.79 Å². The molecule has 126 valence electrons. The standard InChI is InChI=1S/C19H28N2O2/c1-15-4-6-17(7-5-15)19(8-11-23-12-9-19)18(22)21-14-16-3-2-10-20-13-16/h4-7,16,20H,2-3,8-14H2,1H3,(H,21,22). The summed E-state index contributed by atoms with van der Waals surface area (Å²) in [5, 5.41) is 6.66. The predicted molar refractivity (Wildman–Crippen MR) is 91.5 cm³/mol. The summed E-state index contributed by atoms with van der Waals surface area (Å²) in [5.74, 6) is 0.734. The van der Waals surface area contributed by atoms with E-state index in [1.54, 1.807) is 0 Å². The van der Waals surface area contributed by atoms with Crippen molar-refractivity contribution in [2.24, 2.45) is 5.92 Å². The Labute approximate surface area is 139 Å². The van der Waals surface area contributed by atoms with Gasteiger partial charge in [0, 0.05) is 19.8 Å². The van der Waals surface area contributed by atoms with E-state index in [1.165, 1.54) is 18.4 Å². The van der Waals surface area contributed by atoms with Gasteiger partial charge in [-0.05, 0) is 57.2 Å². The molecule has 2 aliphatic rings. The van der Waals surface area contributed by atoms with Gasteiger partial charge < -0.3 is 15.4 Å². The Balaban J connectivity index is 1.72. The molecule has 1 aromatic carbocycles. The third kappa shape index (κ3) is 3.75. The number of piperidine rings is 1. The van der Waals surface area contributed by atoms with Crippen LogP contribution in [-0.4, -0.2) is 38.8 Å². The molecule has 0 radical (unpaired) electrons. The van der Waals surface area contributed by atoms with E-state index in [2.05, 4.69) is 41.8 Å². The first-order valence-electron chi connectivity index (χ1n) is 8.85. The summed E-state index contributed by atoms with van der Waals surface area (Å²) in [7, 11) is 0. The molecule has 2 fully saturated rings. The van der Waals surface area contributed by atoms with Crippen molar-refractivity contribution in [1.82, 2.24) is 10.6 Å². The van der Waals surface area contributed by atoms with Crippen LogP contribution in [0.2, 0.25) is 0 Å². The lowest BCUT2D eigenvalue weighted by atomic mass is 9.73. The zero-order valence-corrected chi connectivity index (χ0v) is 14.1. The largest absolute Gasteiger partial charge is 0.381 e. The fourth-order valence-electron chi connectivity index (χ4n) is 3.74. The van der Waals surface area contributed by atoms with Crippen molar-refractivity contribution in [3.63, 3.8) is 0 Å². The molecule has 3 rings (SSSR count). The molecule has 4 nitrogen and oxygen atoms in total. The highest BCUT2D eigenvalue weighted by Crippen LogP contribution is 2.35. The molecular weight excluding hydrogens is 288 g/mol. The zero-order valence-electron chi connectivity index (χ0n) is 14.1. The summed E-state index contributed by atoms with van der Waals surface area (Å²) >= 11 is 0. The van der Waals surface area contributed by atoms with Gasteiger partial charge in [0.25, 0.3) is 0 Å². The van der Waals surface area contributed by atoms with Gasteiger partial charge in [0.15, 0.2) is 0 Å². The maximum Gasteiger partial charge on any atom is 0.230 e. The molecular formula is C19H28N2O2. The van der Waals surface area contributed by atoms with Crippen molar-refractivity contribution in [2.45, 2.75) is 38.0 Å². The molecule has 0 aliphatic carbocycles. The summed E-state index contributed by atoms with van der Waals surface area (Å²) < 4.78 is 5.52. The number of rotatable bonds is 4. The molecule has 0 saturated carbocycles. The lowest BCUT2D eigenvalue weighted by Crippen LogP contribution is -2.50. The van der Waals surface area contributed by atoms with Crippen LogP contribution in [0.15, 0.2) is 24.3 Å². The molecule has 1 atom stereocenters. The molecule has 23 heavy (non-hydrogen) atoms. The number of ether oxygens (including phenoxy) is 1. The number of aryl methyl sites for hydroxylation is 1. The fourth-order valence-corrected chi connectivity index (χ4v) is 3.74. The Bertz CT molecular complexity index is 515. The zero-order chi connectivity index (χ0) is 16.1. The van der Waals surface area contributed by atoms with Crippen LogP contribution in [0.25, 0.3) is 0 Å². The number of carbonyl (C=O) groups is 1. The van der Waals surface area contributed by atoms with E-state index in [4.69, 9.17) is 4.74 Å². The molecule has 1 amide bonds. The Kier molecular flexibility index (Phi) is 5.34. The van der Waals surface area contributed by atoms with Gasteiger partial charge in [0.2, 0.25) is 5.91 Å². The molecule has 0 spiro atoms. The van der Waals surface area contributed by atoms with Gasteiger partial charge in [-0.15, -0.1) is 0 Å². The van der Waals surface area contributed by atoms with Crippen LogP contribution in [0, 0.1) is 12.8 Å². The highest BCUT2D eigenvalue weighted by atomic mass is 16.5. The minimum absolute atomic E-state index is 0.176. The average molecular weight is 316 g/mol. The predicted octanol–water partition coefficient (Wildman–Crippen LogP) is 2.16. The first-order valence-corrected chi connectivity index (χ1v) is 8.85. The summed E-state index contributed by atoms with van der Waals surface area (Å²) in [5.41, 5.74) is 1.93. The quantitative estimate of drug-likeness (QED) is 0.895. The van der Waals surface area contributed by atoms with E-state index in [0.717, 1.165) is 38.0 Å². The second-order valence-electron chi connectivity index (χ2n) is 6.98. The van der Waals surface area contributed by atoms with Crippen LogP contribution >= 0.6 is 0 Å². The first-order chi connectivity index (χ1) is 11.2. The van der Waals surface area contributed by atoms with Gasteiger partial charge in [-0.1, -0.05) is 29.8 Å². The van der Waals surface area contributed by atoms with Crippen LogP contribution in [0.3, 0.4) is 0 Å². The van der Waals surface area contributed by atoms with Crippen molar-refractivity contribution >= 4 is 5.91 Å². The van der Waals surface area contributed by atoms with Crippen LogP contribution < -0.4 is 10.6 Å². The second-order valence-corrected chi connectivity index (χ2v) is 6.98. The van der Waals surface area contributed by atoms with E-state index in [0.29, 0.717) is 19.1 Å². The second kappa shape index (κ2) is 7.45. The van der Waals surface area contributed by atoms with Gasteiger partial charge in [-0.2, -0.15) is 0 Å². The molecule has 2 heterocycles. The third-order valence-electron chi connectivity index (χ3n) is 5.34. The maximum absolute atomic E-state index is 13.1. The number of carbonyl (C=O) groups excluding carboxylic acids is 1. The number of benzene rings is 1. The van der Waals surface area contributed by atoms with Gasteiger partial charge in [0.1, 0.15) is 0 Å². The van der Waals surface area contributed by atoms with E-state index >= 15 is 0 Å². The van der Waals surface area contributed by atoms with Crippen molar-refractivity contribution in [3.05, 3.63) is 35.4 Å². The molecule has 0 bridgehead atoms. The minimum atomic E-state index is -0.423.